The highest BCUT2D eigenvalue weighted by Gasteiger charge is 2.20. The van der Waals surface area contributed by atoms with Gasteiger partial charge in [0.25, 0.3) is 5.87 Å². The van der Waals surface area contributed by atoms with Crippen LogP contribution in [0.2, 0.25) is 0 Å². The van der Waals surface area contributed by atoms with Crippen molar-refractivity contribution in [2.75, 3.05) is 11.6 Å². The summed E-state index contributed by atoms with van der Waals surface area (Å²) in [6.45, 7) is 0.683. The fraction of sp³-hybridized carbons (Fsp3) is 0.222. The van der Waals surface area contributed by atoms with Crippen LogP contribution in [-0.2, 0) is 11.3 Å². The molecular formula is C9H8BNO2. The molecule has 4 heteroatoms. The Morgan fingerprint density at radius 1 is 1.46 bits per heavy atom. The lowest BCUT2D eigenvalue weighted by Gasteiger charge is -2.16. The van der Waals surface area contributed by atoms with Crippen molar-refractivity contribution in [3.8, 4) is 0 Å². The van der Waals surface area contributed by atoms with Gasteiger partial charge < -0.3 is 4.84 Å². The van der Waals surface area contributed by atoms with E-state index in [0.29, 0.717) is 6.54 Å². The van der Waals surface area contributed by atoms with E-state index in [2.05, 4.69) is 0 Å². The Kier molecular flexibility index (Phi) is 1.96. The maximum absolute atomic E-state index is 10.5. The molecule has 1 aliphatic rings. The third-order valence-electron chi connectivity index (χ3n) is 2.04. The van der Waals surface area contributed by atoms with Gasteiger partial charge in [-0.2, -0.15) is 0 Å². The number of hydrogen-bond donors (Lipinski definition) is 0. The monoisotopic (exact) mass is 173 g/mol. The first-order valence-corrected chi connectivity index (χ1v) is 4.10. The Balaban J connectivity index is 2.23. The summed E-state index contributed by atoms with van der Waals surface area (Å²) >= 11 is 0. The van der Waals surface area contributed by atoms with E-state index < -0.39 is 5.87 Å². The van der Waals surface area contributed by atoms with Gasteiger partial charge in [-0.25, -0.2) is 5.06 Å². The summed E-state index contributed by atoms with van der Waals surface area (Å²) in [7, 11) is 4.93. The summed E-state index contributed by atoms with van der Waals surface area (Å²) in [6, 6.07) is 7.79. The smallest absolute Gasteiger partial charge is 0.265 e. The lowest BCUT2D eigenvalue weighted by atomic mass is 10.2. The molecule has 0 spiro atoms. The van der Waals surface area contributed by atoms with Gasteiger partial charge >= 0.3 is 0 Å². The van der Waals surface area contributed by atoms with Crippen molar-refractivity contribution in [2.45, 2.75) is 6.42 Å². The minimum absolute atomic E-state index is 0.683. The molecule has 0 fully saturated rings. The highest BCUT2D eigenvalue weighted by molar-refractivity contribution is 6.55. The minimum Gasteiger partial charge on any atom is -0.355 e. The average Bonchev–Trinajstić information content (AvgIpc) is 2.48. The Morgan fingerprint density at radius 2 is 2.23 bits per heavy atom. The molecule has 0 bridgehead atoms. The molecule has 2 radical (unpaired) electrons. The van der Waals surface area contributed by atoms with Crippen molar-refractivity contribution in [2.24, 2.45) is 0 Å². The molecule has 0 N–H and O–H groups in total. The number of para-hydroxylation sites is 1. The third kappa shape index (κ3) is 1.52. The van der Waals surface area contributed by atoms with E-state index in [1.165, 1.54) is 10.6 Å². The van der Waals surface area contributed by atoms with Crippen LogP contribution in [0.3, 0.4) is 0 Å². The van der Waals surface area contributed by atoms with Gasteiger partial charge in [-0.1, -0.05) is 18.2 Å². The Labute approximate surface area is 77.7 Å². The molecule has 3 nitrogen and oxygen atoms in total. The SMILES string of the molecule is [B]C(=O)ON1CCc2ccccc21. The minimum atomic E-state index is -0.767. The molecule has 0 saturated heterocycles. The molecule has 0 aliphatic carbocycles. The van der Waals surface area contributed by atoms with Crippen molar-refractivity contribution >= 4 is 19.4 Å². The number of carbonyl (C=O) groups is 1. The topological polar surface area (TPSA) is 29.5 Å². The zero-order chi connectivity index (χ0) is 9.26. The van der Waals surface area contributed by atoms with Crippen LogP contribution in [0.25, 0.3) is 0 Å². The van der Waals surface area contributed by atoms with Crippen molar-refractivity contribution in [1.29, 1.82) is 0 Å². The third-order valence-corrected chi connectivity index (χ3v) is 2.04. The second-order valence-corrected chi connectivity index (χ2v) is 2.89. The van der Waals surface area contributed by atoms with Crippen molar-refractivity contribution in [1.82, 2.24) is 0 Å². The zero-order valence-electron chi connectivity index (χ0n) is 7.06. The molecule has 1 aliphatic heterocycles. The first kappa shape index (κ1) is 8.17. The second-order valence-electron chi connectivity index (χ2n) is 2.89. The molecule has 1 aromatic carbocycles. The van der Waals surface area contributed by atoms with Gasteiger partial charge in [-0.15, -0.1) is 0 Å². The highest BCUT2D eigenvalue weighted by Crippen LogP contribution is 2.27. The van der Waals surface area contributed by atoms with Crippen LogP contribution in [0.5, 0.6) is 0 Å². The quantitative estimate of drug-likeness (QED) is 0.598. The molecule has 1 heterocycles. The maximum Gasteiger partial charge on any atom is 0.265 e. The first-order chi connectivity index (χ1) is 6.27. The van der Waals surface area contributed by atoms with E-state index >= 15 is 0 Å². The predicted octanol–water partition coefficient (Wildman–Crippen LogP) is 1.27. The summed E-state index contributed by atoms with van der Waals surface area (Å²) < 4.78 is 0. The highest BCUT2D eigenvalue weighted by atomic mass is 16.7. The van der Waals surface area contributed by atoms with Gasteiger partial charge in [0.2, 0.25) is 7.85 Å². The molecule has 13 heavy (non-hydrogen) atoms. The van der Waals surface area contributed by atoms with Crippen LogP contribution in [0, 0.1) is 0 Å². The summed E-state index contributed by atoms with van der Waals surface area (Å²) in [5.74, 6) is -0.767. The molecule has 1 aromatic rings. The van der Waals surface area contributed by atoms with Crippen LogP contribution >= 0.6 is 0 Å². The van der Waals surface area contributed by atoms with Crippen LogP contribution < -0.4 is 5.06 Å². The van der Waals surface area contributed by atoms with Crippen LogP contribution in [0.1, 0.15) is 5.56 Å². The van der Waals surface area contributed by atoms with Crippen LogP contribution in [-0.4, -0.2) is 20.3 Å². The molecule has 0 aromatic heterocycles. The Hall–Kier alpha value is -1.45. The number of rotatable bonds is 1. The number of benzene rings is 1. The van der Waals surface area contributed by atoms with E-state index in [-0.39, 0.29) is 0 Å². The van der Waals surface area contributed by atoms with Crippen LogP contribution in [0.4, 0.5) is 10.5 Å². The number of nitrogens with zero attached hydrogens (tertiary/aromatic N) is 1. The van der Waals surface area contributed by atoms with Crippen molar-refractivity contribution in [3.63, 3.8) is 0 Å². The molecule has 0 atom stereocenters. The van der Waals surface area contributed by atoms with Crippen molar-refractivity contribution < 1.29 is 9.63 Å². The first-order valence-electron chi connectivity index (χ1n) is 4.10. The van der Waals surface area contributed by atoms with Gasteiger partial charge in [0.1, 0.15) is 0 Å². The fourth-order valence-electron chi connectivity index (χ4n) is 1.51. The van der Waals surface area contributed by atoms with Gasteiger partial charge in [0, 0.05) is 0 Å². The summed E-state index contributed by atoms with van der Waals surface area (Å²) in [5, 5.41) is 1.53. The van der Waals surface area contributed by atoms with Crippen molar-refractivity contribution in [3.05, 3.63) is 29.8 Å². The molecule has 2 rings (SSSR count). The number of hydroxylamine groups is 1. The second kappa shape index (κ2) is 3.13. The molecule has 0 saturated carbocycles. The van der Waals surface area contributed by atoms with E-state index in [4.69, 9.17) is 12.7 Å². The van der Waals surface area contributed by atoms with Gasteiger partial charge in [0.15, 0.2) is 0 Å². The van der Waals surface area contributed by atoms with E-state index in [9.17, 15) is 4.79 Å². The van der Waals surface area contributed by atoms with Crippen LogP contribution in [0.15, 0.2) is 24.3 Å². The molecule has 0 amide bonds. The maximum atomic E-state index is 10.5. The largest absolute Gasteiger partial charge is 0.355 e. The number of carbonyl (C=O) groups excluding carboxylic acids is 1. The standard InChI is InChI=1S/C9H8BNO2/c10-9(12)13-11-6-5-7-3-1-2-4-8(7)11/h1-4H,5-6H2. The Bertz CT molecular complexity index is 340. The summed E-state index contributed by atoms with van der Waals surface area (Å²) in [6.07, 6.45) is 0.892. The number of anilines is 1. The van der Waals surface area contributed by atoms with E-state index in [1.807, 2.05) is 24.3 Å². The average molecular weight is 173 g/mol. The fourth-order valence-corrected chi connectivity index (χ4v) is 1.51. The predicted molar refractivity (Wildman–Crippen MR) is 49.7 cm³/mol. The number of hydrogen-bond acceptors (Lipinski definition) is 3. The Morgan fingerprint density at radius 3 is 3.00 bits per heavy atom. The van der Waals surface area contributed by atoms with E-state index in [0.717, 1.165) is 12.1 Å². The van der Waals surface area contributed by atoms with Gasteiger partial charge in [0.05, 0.1) is 12.2 Å². The molecule has 64 valence electrons. The zero-order valence-corrected chi connectivity index (χ0v) is 7.06. The normalized spacial score (nSPS) is 14.0. The summed E-state index contributed by atoms with van der Waals surface area (Å²) in [4.78, 5) is 15.3. The van der Waals surface area contributed by atoms with Gasteiger partial charge in [-0.05, 0) is 18.1 Å². The number of fused-ring (bicyclic) bond motifs is 1. The van der Waals surface area contributed by atoms with E-state index in [1.54, 1.807) is 0 Å². The van der Waals surface area contributed by atoms with Gasteiger partial charge in [-0.3, -0.25) is 4.79 Å². The molecule has 0 unspecified atom stereocenters. The lowest BCUT2D eigenvalue weighted by molar-refractivity contribution is 0.162. The lowest BCUT2D eigenvalue weighted by Crippen LogP contribution is -2.24. The summed E-state index contributed by atoms with van der Waals surface area (Å²) in [5.41, 5.74) is 2.12. The molecular weight excluding hydrogens is 165 g/mol.